The summed E-state index contributed by atoms with van der Waals surface area (Å²) < 4.78 is 51.5. The van der Waals surface area contributed by atoms with Gasteiger partial charge >= 0.3 is 12.0 Å². The Balaban J connectivity index is 0.00000298. The molecule has 16 nitrogen and oxygen atoms in total. The number of pyridine rings is 3. The highest BCUT2D eigenvalue weighted by atomic mass is 19.1. The average molecular weight is 1020 g/mol. The lowest BCUT2D eigenvalue weighted by Crippen LogP contribution is -2.49. The third-order valence-electron chi connectivity index (χ3n) is 15.4. The van der Waals surface area contributed by atoms with E-state index < -0.39 is 23.7 Å². The number of hydrogen-bond donors (Lipinski definition) is 2. The van der Waals surface area contributed by atoms with Crippen LogP contribution in [0.15, 0.2) is 71.7 Å². The number of aromatic nitrogens is 5. The Hall–Kier alpha value is -8.01. The van der Waals surface area contributed by atoms with Crippen molar-refractivity contribution >= 4 is 50.3 Å². The van der Waals surface area contributed by atoms with Gasteiger partial charge in [-0.25, -0.2) is 18.6 Å². The Kier molecular flexibility index (Phi) is 12.7. The van der Waals surface area contributed by atoms with Crippen LogP contribution in [0.5, 0.6) is 17.5 Å². The number of halogens is 2. The third kappa shape index (κ3) is 8.25. The summed E-state index contributed by atoms with van der Waals surface area (Å²) in [6, 6.07) is 12.5. The van der Waals surface area contributed by atoms with Gasteiger partial charge in [0.25, 0.3) is 11.5 Å². The van der Waals surface area contributed by atoms with Crippen molar-refractivity contribution in [2.45, 2.75) is 77.7 Å². The van der Waals surface area contributed by atoms with E-state index in [1.165, 1.54) is 30.5 Å². The van der Waals surface area contributed by atoms with E-state index >= 15 is 8.78 Å². The predicted octanol–water partition coefficient (Wildman–Crippen LogP) is 7.52. The van der Waals surface area contributed by atoms with Crippen molar-refractivity contribution in [2.75, 3.05) is 57.4 Å². The second kappa shape index (κ2) is 19.4. The highest BCUT2D eigenvalue weighted by Crippen LogP contribution is 2.43. The Morgan fingerprint density at radius 2 is 1.72 bits per heavy atom. The molecule has 5 aliphatic heterocycles. The van der Waals surface area contributed by atoms with Gasteiger partial charge in [0.05, 0.1) is 45.5 Å². The fourth-order valence-corrected chi connectivity index (χ4v) is 11.7. The minimum Gasteiger partial charge on any atom is -0.508 e. The molecule has 5 aliphatic rings. The summed E-state index contributed by atoms with van der Waals surface area (Å²) >= 11 is 0. The number of esters is 1. The summed E-state index contributed by atoms with van der Waals surface area (Å²) in [4.78, 5) is 64.7. The van der Waals surface area contributed by atoms with Crippen molar-refractivity contribution < 1.29 is 42.8 Å². The first-order valence-corrected chi connectivity index (χ1v) is 25.4. The number of aliphatic hydroxyl groups excluding tert-OH is 1. The predicted molar refractivity (Wildman–Crippen MR) is 278 cm³/mol. The third-order valence-corrected chi connectivity index (χ3v) is 15.4. The van der Waals surface area contributed by atoms with Crippen molar-refractivity contribution in [3.63, 3.8) is 0 Å². The SMILES string of the molecule is C#Cc1c(F)ccc2cc(O)cc(-c3ncc4c(N5CCN(C(=O)C(=C)COc6ccc7nc8c(c(CC)c7c6)Cn6c-8cc7c(c6=O)COC(=O)C7O)CC5)nc(OCC56CCCN5CCC6)nc4c3F)c12.CC. The van der Waals surface area contributed by atoms with Gasteiger partial charge in [-0.2, -0.15) is 9.97 Å². The molecule has 9 heterocycles. The van der Waals surface area contributed by atoms with Crippen LogP contribution in [0.25, 0.3) is 55.2 Å². The molecular formula is C57H54F2N8O8. The van der Waals surface area contributed by atoms with Gasteiger partial charge in [-0.1, -0.05) is 39.3 Å². The van der Waals surface area contributed by atoms with Crippen molar-refractivity contribution in [2.24, 2.45) is 0 Å². The lowest BCUT2D eigenvalue weighted by Gasteiger charge is -2.36. The average Bonchev–Trinajstić information content (AvgIpc) is 4.18. The molecule has 1 amide bonds. The number of fused-ring (bicyclic) bond motifs is 8. The van der Waals surface area contributed by atoms with Crippen LogP contribution in [-0.2, 0) is 33.9 Å². The maximum atomic E-state index is 17.2. The first-order valence-electron chi connectivity index (χ1n) is 25.4. The monoisotopic (exact) mass is 1020 g/mol. The van der Waals surface area contributed by atoms with Gasteiger partial charge in [-0.15, -0.1) is 6.42 Å². The zero-order chi connectivity index (χ0) is 52.4. The molecule has 3 fully saturated rings. The number of carbonyl (C=O) groups is 2. The first-order chi connectivity index (χ1) is 36.3. The maximum Gasteiger partial charge on any atom is 0.340 e. The molecule has 18 heteroatoms. The molecule has 12 rings (SSSR count). The minimum absolute atomic E-state index is 0.0132. The van der Waals surface area contributed by atoms with Gasteiger partial charge in [-0.3, -0.25) is 19.5 Å². The standard InChI is InChI=1S/C55H48F2N8O8.C2H6/c1-4-33-35-22-32(9-11-42(35)59-46-39(33)25-65-43(46)23-36-40(52(65)69)27-72-53(70)49(36)67)71-26-29(3)51(68)63-18-16-62(17-19-63)50-38-24-58-47(37-21-31(66)20-30-8-10-41(56)34(5-2)44(30)37)45(57)48(38)60-54(61-50)73-28-55-12-6-14-64(55)15-7-13-55;1-2/h2,8-11,20-24,49,66-67H,3-4,6-7,12-19,25-28H2,1H3;1-2H3. The number of nitrogens with zero attached hydrogens (tertiary/aromatic N) is 8. The molecular weight excluding hydrogens is 963 g/mol. The van der Waals surface area contributed by atoms with Crippen LogP contribution in [0.1, 0.15) is 80.4 Å². The number of ether oxygens (including phenoxy) is 3. The molecule has 3 aromatic carbocycles. The van der Waals surface area contributed by atoms with E-state index in [9.17, 15) is 24.6 Å². The summed E-state index contributed by atoms with van der Waals surface area (Å²) in [7, 11) is 0. The van der Waals surface area contributed by atoms with Crippen molar-refractivity contribution in [1.82, 2.24) is 34.3 Å². The summed E-state index contributed by atoms with van der Waals surface area (Å²) in [6.07, 6.45) is 10.3. The Morgan fingerprint density at radius 1 is 0.947 bits per heavy atom. The normalized spacial score (nSPS) is 17.5. The molecule has 0 saturated carbocycles. The van der Waals surface area contributed by atoms with Crippen LogP contribution in [0.2, 0.25) is 0 Å². The lowest BCUT2D eigenvalue weighted by atomic mass is 9.95. The molecule has 75 heavy (non-hydrogen) atoms. The fraction of sp³-hybridized carbons (Fsp3) is 0.351. The quantitative estimate of drug-likeness (QED) is 0.0779. The van der Waals surface area contributed by atoms with Crippen molar-refractivity contribution in [3.05, 3.63) is 117 Å². The highest BCUT2D eigenvalue weighted by Gasteiger charge is 2.45. The molecule has 1 atom stereocenters. The Bertz CT molecular complexity index is 3650. The number of rotatable bonds is 10. The van der Waals surface area contributed by atoms with Gasteiger partial charge in [0.15, 0.2) is 11.9 Å². The second-order valence-corrected chi connectivity index (χ2v) is 19.4. The Labute approximate surface area is 430 Å². The number of terminal acetylenes is 1. The zero-order valence-electron chi connectivity index (χ0n) is 41.8. The minimum atomic E-state index is -1.55. The molecule has 0 spiro atoms. The first kappa shape index (κ1) is 49.2. The number of aromatic hydroxyl groups is 1. The van der Waals surface area contributed by atoms with E-state index in [2.05, 4.69) is 27.4 Å². The highest BCUT2D eigenvalue weighted by molar-refractivity contribution is 6.03. The van der Waals surface area contributed by atoms with Crippen LogP contribution in [0, 0.1) is 24.0 Å². The number of cyclic esters (lactones) is 1. The fourth-order valence-electron chi connectivity index (χ4n) is 11.7. The van der Waals surface area contributed by atoms with Crippen molar-refractivity contribution in [1.29, 1.82) is 0 Å². The maximum absolute atomic E-state index is 17.2. The van der Waals surface area contributed by atoms with Crippen molar-refractivity contribution in [3.8, 4) is 52.5 Å². The second-order valence-electron chi connectivity index (χ2n) is 19.4. The molecule has 4 aromatic heterocycles. The van der Waals surface area contributed by atoms with Gasteiger partial charge < -0.3 is 38.8 Å². The molecule has 1 unspecified atom stereocenters. The number of piperazine rings is 1. The molecule has 0 bridgehead atoms. The smallest absolute Gasteiger partial charge is 0.340 e. The van der Waals surface area contributed by atoms with E-state index in [4.69, 9.17) is 30.6 Å². The van der Waals surface area contributed by atoms with E-state index in [0.29, 0.717) is 65.4 Å². The number of benzene rings is 3. The Morgan fingerprint density at radius 3 is 2.47 bits per heavy atom. The van der Waals surface area contributed by atoms with E-state index in [-0.39, 0.29) is 106 Å². The number of phenolic OH excluding ortho intramolecular Hbond substituents is 1. The number of carbonyl (C=O) groups excluding carboxylic acids is 2. The number of aryl methyl sites for hydroxylation is 1. The van der Waals surface area contributed by atoms with Crippen LogP contribution in [0.4, 0.5) is 14.6 Å². The number of aliphatic hydroxyl groups is 1. The van der Waals surface area contributed by atoms with Gasteiger partial charge in [0, 0.05) is 65.4 Å². The van der Waals surface area contributed by atoms with Gasteiger partial charge in [-0.05, 0) is 98.6 Å². The molecule has 2 N–H and O–H groups in total. The summed E-state index contributed by atoms with van der Waals surface area (Å²) in [5.74, 6) is 0.484. The van der Waals surface area contributed by atoms with Gasteiger partial charge in [0.2, 0.25) is 0 Å². The number of phenols is 1. The van der Waals surface area contributed by atoms with E-state index in [1.807, 2.05) is 37.8 Å². The van der Waals surface area contributed by atoms with E-state index in [0.717, 1.165) is 55.3 Å². The van der Waals surface area contributed by atoms with Crippen LogP contribution >= 0.6 is 0 Å². The molecule has 7 aromatic rings. The van der Waals surface area contributed by atoms with Crippen LogP contribution in [0.3, 0.4) is 0 Å². The van der Waals surface area contributed by atoms with E-state index in [1.54, 1.807) is 21.6 Å². The summed E-state index contributed by atoms with van der Waals surface area (Å²) in [6.45, 7) is 13.6. The number of anilines is 1. The lowest BCUT2D eigenvalue weighted by molar-refractivity contribution is -0.157. The zero-order valence-corrected chi connectivity index (χ0v) is 41.8. The molecule has 0 aliphatic carbocycles. The summed E-state index contributed by atoms with van der Waals surface area (Å²) in [5.41, 5.74) is 3.61. The molecule has 384 valence electrons. The molecule has 0 radical (unpaired) electrons. The number of hydrogen-bond acceptors (Lipinski definition) is 14. The van der Waals surface area contributed by atoms with Crippen LogP contribution < -0.4 is 19.9 Å². The largest absolute Gasteiger partial charge is 0.508 e. The number of amides is 1. The van der Waals surface area contributed by atoms with Gasteiger partial charge in [0.1, 0.15) is 54.2 Å². The summed E-state index contributed by atoms with van der Waals surface area (Å²) in [5, 5.41) is 23.0. The molecule has 3 saturated heterocycles. The van der Waals surface area contributed by atoms with Crippen LogP contribution in [-0.4, -0.2) is 114 Å². The topological polar surface area (TPSA) is 186 Å².